The number of hydrogen-bond acceptors (Lipinski definition) is 5. The number of carbonyl (C=O) groups is 2. The molecule has 1 N–H and O–H groups in total. The Bertz CT molecular complexity index is 1170. The second-order valence-corrected chi connectivity index (χ2v) is 8.35. The minimum atomic E-state index is -1.16. The summed E-state index contributed by atoms with van der Waals surface area (Å²) in [7, 11) is 0. The molecule has 1 aliphatic heterocycles. The number of ether oxygens (including phenoxy) is 2. The summed E-state index contributed by atoms with van der Waals surface area (Å²) < 4.78 is 11.4. The molecule has 0 spiro atoms. The molecule has 0 fully saturated rings. The fourth-order valence-corrected chi connectivity index (χ4v) is 3.90. The molecule has 0 saturated heterocycles. The number of rotatable bonds is 7. The Morgan fingerprint density at radius 2 is 1.82 bits per heavy atom. The van der Waals surface area contributed by atoms with Crippen LogP contribution in [-0.4, -0.2) is 25.0 Å². The van der Waals surface area contributed by atoms with E-state index in [1.807, 2.05) is 6.92 Å². The first-order chi connectivity index (χ1) is 15.9. The molecule has 3 aromatic rings. The molecule has 3 aromatic carbocycles. The van der Waals surface area contributed by atoms with Crippen LogP contribution in [0.3, 0.4) is 0 Å². The monoisotopic (exact) mass is 487 g/mol. The molecule has 0 aromatic heterocycles. The molecule has 0 saturated carbocycles. The molecule has 34 heavy (non-hydrogen) atoms. The van der Waals surface area contributed by atoms with Crippen molar-refractivity contribution in [3.05, 3.63) is 87.9 Å². The van der Waals surface area contributed by atoms with Gasteiger partial charge in [0.05, 0.1) is 11.6 Å². The van der Waals surface area contributed by atoms with Crippen LogP contribution >= 0.6 is 11.6 Å². The number of amides is 1. The zero-order valence-corrected chi connectivity index (χ0v) is 21.9. The van der Waals surface area contributed by atoms with Gasteiger partial charge in [0.2, 0.25) is 0 Å². The molecule has 0 bridgehead atoms. The molecule has 0 radical (unpaired) electrons. The van der Waals surface area contributed by atoms with Gasteiger partial charge in [0.1, 0.15) is 17.2 Å². The zero-order chi connectivity index (χ0) is 23.4. The van der Waals surface area contributed by atoms with E-state index in [0.29, 0.717) is 41.3 Å². The van der Waals surface area contributed by atoms with E-state index >= 15 is 0 Å². The van der Waals surface area contributed by atoms with Gasteiger partial charge in [-0.25, -0.2) is 0 Å². The smallest absolute Gasteiger partial charge is 0.549 e. The van der Waals surface area contributed by atoms with Crippen molar-refractivity contribution in [3.8, 4) is 17.2 Å². The van der Waals surface area contributed by atoms with Crippen LogP contribution in [0.15, 0.2) is 60.7 Å². The van der Waals surface area contributed by atoms with Crippen LogP contribution in [0.25, 0.3) is 0 Å². The van der Waals surface area contributed by atoms with Gasteiger partial charge in [-0.15, -0.1) is 0 Å². The summed E-state index contributed by atoms with van der Waals surface area (Å²) in [6.07, 6.45) is 1.09. The molecule has 6 nitrogen and oxygen atoms in total. The molecule has 1 amide bonds. The number of nitrogens with one attached hydrogen (secondary N) is 1. The molecule has 1 unspecified atom stereocenters. The first-order valence-corrected chi connectivity index (χ1v) is 11.1. The molecule has 0 aliphatic carbocycles. The topological polar surface area (TPSA) is 87.7 Å². The zero-order valence-electron chi connectivity index (χ0n) is 19.1. The first kappa shape index (κ1) is 26.1. The van der Waals surface area contributed by atoms with Crippen LogP contribution in [-0.2, 0) is 11.2 Å². The van der Waals surface area contributed by atoms with Crippen molar-refractivity contribution in [2.45, 2.75) is 25.7 Å². The normalized spacial score (nSPS) is 14.2. The van der Waals surface area contributed by atoms with Crippen molar-refractivity contribution in [3.63, 3.8) is 0 Å². The molecular weight excluding hydrogens is 465 g/mol. The Morgan fingerprint density at radius 3 is 2.50 bits per heavy atom. The third kappa shape index (κ3) is 6.33. The van der Waals surface area contributed by atoms with Crippen molar-refractivity contribution in [2.24, 2.45) is 0 Å². The van der Waals surface area contributed by atoms with E-state index in [1.165, 1.54) is 11.1 Å². The summed E-state index contributed by atoms with van der Waals surface area (Å²) in [4.78, 5) is 23.8. The van der Waals surface area contributed by atoms with Crippen LogP contribution < -0.4 is 49.5 Å². The standard InChI is InChI=1S/C26H24ClNO5.Na/c1-16-2-4-17(5-3-16)10-12-28-25(29)18-6-8-19(9-7-18)33-24-15-23-21(14-22(24)27)20(26(30)31)11-13-32-23;/h2-9,14-15,20H,10-13H2,1H3,(H,28,29)(H,30,31);/q;+1/p-1. The average molecular weight is 488 g/mol. The quantitative estimate of drug-likeness (QED) is 0.503. The van der Waals surface area contributed by atoms with Crippen LogP contribution in [0, 0.1) is 6.92 Å². The fraction of sp³-hybridized carbons (Fsp3) is 0.231. The number of carboxylic acid groups (broad SMARTS) is 1. The average Bonchev–Trinajstić information content (AvgIpc) is 2.81. The van der Waals surface area contributed by atoms with E-state index in [0.717, 1.165) is 6.42 Å². The second-order valence-electron chi connectivity index (χ2n) is 7.95. The summed E-state index contributed by atoms with van der Waals surface area (Å²) >= 11 is 6.32. The van der Waals surface area contributed by atoms with Crippen LogP contribution in [0.5, 0.6) is 17.2 Å². The van der Waals surface area contributed by atoms with Gasteiger partial charge in [0, 0.05) is 35.6 Å². The van der Waals surface area contributed by atoms with Crippen LogP contribution in [0.4, 0.5) is 0 Å². The molecule has 170 valence electrons. The maximum Gasteiger partial charge on any atom is 1.00 e. The number of aryl methyl sites for hydroxylation is 1. The number of hydrogen-bond donors (Lipinski definition) is 1. The summed E-state index contributed by atoms with van der Waals surface area (Å²) in [5.41, 5.74) is 3.37. The Balaban J connectivity index is 0.00000324. The van der Waals surface area contributed by atoms with Crippen molar-refractivity contribution < 1.29 is 53.7 Å². The SMILES string of the molecule is Cc1ccc(CCNC(=O)c2ccc(Oc3cc4c(cc3Cl)C(C(=O)[O-])CCO4)cc2)cc1.[Na+]. The summed E-state index contributed by atoms with van der Waals surface area (Å²) in [5, 5.41) is 14.6. The Morgan fingerprint density at radius 1 is 1.12 bits per heavy atom. The number of fused-ring (bicyclic) bond motifs is 1. The predicted molar refractivity (Wildman–Crippen MR) is 123 cm³/mol. The number of halogens is 1. The Labute approximate surface area is 225 Å². The fourth-order valence-electron chi connectivity index (χ4n) is 3.69. The summed E-state index contributed by atoms with van der Waals surface area (Å²) in [6.45, 7) is 2.86. The van der Waals surface area contributed by atoms with E-state index in [4.69, 9.17) is 21.1 Å². The summed E-state index contributed by atoms with van der Waals surface area (Å²) in [5.74, 6) is -0.840. The Hall–Kier alpha value is -2.51. The van der Waals surface area contributed by atoms with Crippen LogP contribution in [0.1, 0.15) is 39.4 Å². The van der Waals surface area contributed by atoms with E-state index in [9.17, 15) is 14.7 Å². The number of benzene rings is 3. The predicted octanol–water partition coefficient (Wildman–Crippen LogP) is 1.03. The van der Waals surface area contributed by atoms with Crippen molar-refractivity contribution in [2.75, 3.05) is 13.2 Å². The number of aliphatic carboxylic acids is 1. The Kier molecular flexibility index (Phi) is 9.03. The van der Waals surface area contributed by atoms with Gasteiger partial charge < -0.3 is 24.7 Å². The summed E-state index contributed by atoms with van der Waals surface area (Å²) in [6, 6.07) is 18.0. The van der Waals surface area contributed by atoms with Gasteiger partial charge in [-0.3, -0.25) is 4.79 Å². The van der Waals surface area contributed by atoms with Crippen molar-refractivity contribution in [1.29, 1.82) is 0 Å². The first-order valence-electron chi connectivity index (χ1n) is 10.7. The molecule has 8 heteroatoms. The number of carbonyl (C=O) groups excluding carboxylic acids is 2. The largest absolute Gasteiger partial charge is 1.00 e. The van der Waals surface area contributed by atoms with Gasteiger partial charge in [-0.2, -0.15) is 0 Å². The molecule has 1 aliphatic rings. The van der Waals surface area contributed by atoms with Crippen LogP contribution in [0.2, 0.25) is 5.02 Å². The molecule has 1 heterocycles. The van der Waals surface area contributed by atoms with E-state index < -0.39 is 11.9 Å². The number of carboxylic acids is 1. The van der Waals surface area contributed by atoms with Gasteiger partial charge in [0.15, 0.2) is 0 Å². The maximum absolute atomic E-state index is 12.4. The molecule has 4 rings (SSSR count). The van der Waals surface area contributed by atoms with Crippen molar-refractivity contribution >= 4 is 23.5 Å². The van der Waals surface area contributed by atoms with Gasteiger partial charge in [-0.1, -0.05) is 41.4 Å². The molecular formula is C26H23ClNNaO5. The third-order valence-corrected chi connectivity index (χ3v) is 5.85. The van der Waals surface area contributed by atoms with E-state index in [-0.39, 0.29) is 47.1 Å². The van der Waals surface area contributed by atoms with E-state index in [2.05, 4.69) is 29.6 Å². The van der Waals surface area contributed by atoms with Gasteiger partial charge in [-0.05, 0) is 55.7 Å². The second kappa shape index (κ2) is 11.8. The third-order valence-electron chi connectivity index (χ3n) is 5.55. The maximum atomic E-state index is 12.4. The van der Waals surface area contributed by atoms with Gasteiger partial charge in [0.25, 0.3) is 5.91 Å². The minimum Gasteiger partial charge on any atom is -0.549 e. The van der Waals surface area contributed by atoms with Gasteiger partial charge >= 0.3 is 29.6 Å². The molecule has 1 atom stereocenters. The minimum absolute atomic E-state index is 0. The van der Waals surface area contributed by atoms with Crippen molar-refractivity contribution in [1.82, 2.24) is 5.32 Å². The van der Waals surface area contributed by atoms with E-state index in [1.54, 1.807) is 36.4 Å².